The molecule has 0 aliphatic carbocycles. The minimum absolute atomic E-state index is 1.31. The highest BCUT2D eigenvalue weighted by atomic mass is 15.2. The maximum atomic E-state index is 3.83. The second kappa shape index (κ2) is 4.50. The summed E-state index contributed by atoms with van der Waals surface area (Å²) in [5.41, 5.74) is 1.31. The molecule has 0 aromatic carbocycles. The molecule has 0 aliphatic heterocycles. The molecule has 0 saturated carbocycles. The molecule has 0 unspecified atom stereocenters. The molecule has 0 amide bonds. The topological polar surface area (TPSA) is 22.8 Å². The van der Waals surface area contributed by atoms with Crippen LogP contribution >= 0.6 is 0 Å². The summed E-state index contributed by atoms with van der Waals surface area (Å²) in [6, 6.07) is 6.01. The SMILES string of the molecule is Cc1cccn1C.Cn1cccn1. The van der Waals surface area contributed by atoms with Crippen molar-refractivity contribution in [1.29, 1.82) is 0 Å². The summed E-state index contributed by atoms with van der Waals surface area (Å²) in [4.78, 5) is 0. The van der Waals surface area contributed by atoms with Crippen LogP contribution in [0.3, 0.4) is 0 Å². The van der Waals surface area contributed by atoms with Crippen LogP contribution in [0.25, 0.3) is 0 Å². The highest BCUT2D eigenvalue weighted by Crippen LogP contribution is 1.93. The molecule has 13 heavy (non-hydrogen) atoms. The van der Waals surface area contributed by atoms with Crippen molar-refractivity contribution in [2.24, 2.45) is 14.1 Å². The smallest absolute Gasteiger partial charge is 0.0489 e. The lowest BCUT2D eigenvalue weighted by atomic mass is 10.5. The molecule has 2 rings (SSSR count). The lowest BCUT2D eigenvalue weighted by molar-refractivity contribution is 0.768. The van der Waals surface area contributed by atoms with Gasteiger partial charge in [-0.2, -0.15) is 5.10 Å². The van der Waals surface area contributed by atoms with Crippen LogP contribution in [0.1, 0.15) is 5.69 Å². The molecule has 0 N–H and O–H groups in total. The summed E-state index contributed by atoms with van der Waals surface area (Å²) in [5.74, 6) is 0. The van der Waals surface area contributed by atoms with Crippen molar-refractivity contribution in [2.45, 2.75) is 6.92 Å². The van der Waals surface area contributed by atoms with Gasteiger partial charge in [-0.3, -0.25) is 4.68 Å². The Morgan fingerprint density at radius 3 is 2.08 bits per heavy atom. The molecule has 0 atom stereocenters. The number of hydrogen-bond acceptors (Lipinski definition) is 1. The molecule has 0 aliphatic rings. The Morgan fingerprint density at radius 1 is 1.15 bits per heavy atom. The van der Waals surface area contributed by atoms with Gasteiger partial charge in [0, 0.05) is 38.4 Å². The molecule has 0 saturated heterocycles. The van der Waals surface area contributed by atoms with Gasteiger partial charge in [0.2, 0.25) is 0 Å². The van der Waals surface area contributed by atoms with Crippen molar-refractivity contribution < 1.29 is 0 Å². The predicted octanol–water partition coefficient (Wildman–Crippen LogP) is 1.75. The summed E-state index contributed by atoms with van der Waals surface area (Å²) in [6.45, 7) is 2.08. The second-order valence-electron chi connectivity index (χ2n) is 2.94. The molecule has 0 bridgehead atoms. The third kappa shape index (κ3) is 3.15. The molecule has 70 valence electrons. The van der Waals surface area contributed by atoms with Gasteiger partial charge in [-0.25, -0.2) is 0 Å². The van der Waals surface area contributed by atoms with Crippen LogP contribution in [0.5, 0.6) is 0 Å². The lowest BCUT2D eigenvalue weighted by Gasteiger charge is -1.89. The molecule has 0 fully saturated rings. The number of hydrogen-bond donors (Lipinski definition) is 0. The van der Waals surface area contributed by atoms with Crippen molar-refractivity contribution in [3.63, 3.8) is 0 Å². The number of aromatic nitrogens is 3. The van der Waals surface area contributed by atoms with Crippen LogP contribution in [0, 0.1) is 6.92 Å². The molecule has 2 aromatic heterocycles. The highest BCUT2D eigenvalue weighted by Gasteiger charge is 1.82. The van der Waals surface area contributed by atoms with E-state index >= 15 is 0 Å². The van der Waals surface area contributed by atoms with Gasteiger partial charge in [0.25, 0.3) is 0 Å². The van der Waals surface area contributed by atoms with Gasteiger partial charge in [0.05, 0.1) is 0 Å². The first-order valence-corrected chi connectivity index (χ1v) is 4.21. The Kier molecular flexibility index (Phi) is 3.31. The Balaban J connectivity index is 0.000000132. The Labute approximate surface area is 78.6 Å². The predicted molar refractivity (Wildman–Crippen MR) is 53.4 cm³/mol. The van der Waals surface area contributed by atoms with Gasteiger partial charge in [-0.1, -0.05) is 0 Å². The van der Waals surface area contributed by atoms with E-state index in [1.807, 2.05) is 38.6 Å². The fourth-order valence-electron chi connectivity index (χ4n) is 0.892. The van der Waals surface area contributed by atoms with Gasteiger partial charge < -0.3 is 4.57 Å². The van der Waals surface area contributed by atoms with E-state index in [9.17, 15) is 0 Å². The lowest BCUT2D eigenvalue weighted by Crippen LogP contribution is -1.84. The van der Waals surface area contributed by atoms with E-state index in [2.05, 4.69) is 22.7 Å². The van der Waals surface area contributed by atoms with E-state index in [0.717, 1.165) is 0 Å². The van der Waals surface area contributed by atoms with E-state index in [1.165, 1.54) is 5.69 Å². The van der Waals surface area contributed by atoms with Crippen molar-refractivity contribution >= 4 is 0 Å². The normalized spacial score (nSPS) is 9.15. The van der Waals surface area contributed by atoms with E-state index < -0.39 is 0 Å². The van der Waals surface area contributed by atoms with Crippen LogP contribution in [0.2, 0.25) is 0 Å². The van der Waals surface area contributed by atoms with Gasteiger partial charge in [-0.05, 0) is 25.1 Å². The standard InChI is InChI=1S/C6H9N.C4H6N2/c1-6-4-3-5-7(6)2;1-6-4-2-3-5-6/h3-5H,1-2H3;2-4H,1H3. The zero-order chi connectivity index (χ0) is 9.68. The van der Waals surface area contributed by atoms with E-state index in [4.69, 9.17) is 0 Å². The monoisotopic (exact) mass is 177 g/mol. The third-order valence-corrected chi connectivity index (χ3v) is 1.84. The zero-order valence-corrected chi connectivity index (χ0v) is 8.31. The average molecular weight is 177 g/mol. The minimum atomic E-state index is 1.31. The quantitative estimate of drug-likeness (QED) is 0.601. The molecule has 2 aromatic rings. The molecule has 2 heterocycles. The first kappa shape index (κ1) is 9.58. The summed E-state index contributed by atoms with van der Waals surface area (Å²) in [7, 11) is 3.93. The summed E-state index contributed by atoms with van der Waals surface area (Å²) in [6.07, 6.45) is 5.68. The largest absolute Gasteiger partial charge is 0.355 e. The maximum absolute atomic E-state index is 3.83. The molecule has 3 nitrogen and oxygen atoms in total. The summed E-state index contributed by atoms with van der Waals surface area (Å²) < 4.78 is 3.83. The van der Waals surface area contributed by atoms with Crippen molar-refractivity contribution in [3.05, 3.63) is 42.5 Å². The zero-order valence-electron chi connectivity index (χ0n) is 8.31. The Bertz CT molecular complexity index is 316. The first-order chi connectivity index (χ1) is 6.20. The number of aryl methyl sites for hydroxylation is 3. The van der Waals surface area contributed by atoms with Crippen molar-refractivity contribution in [1.82, 2.24) is 14.3 Å². The van der Waals surface area contributed by atoms with E-state index in [-0.39, 0.29) is 0 Å². The maximum Gasteiger partial charge on any atom is 0.0489 e. The Morgan fingerprint density at radius 2 is 1.92 bits per heavy atom. The van der Waals surface area contributed by atoms with Gasteiger partial charge in [-0.15, -0.1) is 0 Å². The Hall–Kier alpha value is -1.51. The fraction of sp³-hybridized carbons (Fsp3) is 0.300. The summed E-state index contributed by atoms with van der Waals surface area (Å²) >= 11 is 0. The average Bonchev–Trinajstić information content (AvgIpc) is 2.67. The van der Waals surface area contributed by atoms with Crippen molar-refractivity contribution in [2.75, 3.05) is 0 Å². The van der Waals surface area contributed by atoms with Gasteiger partial charge in [0.15, 0.2) is 0 Å². The van der Waals surface area contributed by atoms with Crippen LogP contribution in [-0.4, -0.2) is 14.3 Å². The van der Waals surface area contributed by atoms with E-state index in [0.29, 0.717) is 0 Å². The van der Waals surface area contributed by atoms with Crippen LogP contribution in [0.15, 0.2) is 36.8 Å². The molecular formula is C10H15N3. The number of nitrogens with zero attached hydrogens (tertiary/aromatic N) is 3. The number of rotatable bonds is 0. The van der Waals surface area contributed by atoms with Gasteiger partial charge in [0.1, 0.15) is 0 Å². The van der Waals surface area contributed by atoms with Crippen molar-refractivity contribution in [3.8, 4) is 0 Å². The van der Waals surface area contributed by atoms with E-state index in [1.54, 1.807) is 10.9 Å². The molecule has 0 radical (unpaired) electrons. The first-order valence-electron chi connectivity index (χ1n) is 4.21. The third-order valence-electron chi connectivity index (χ3n) is 1.84. The van der Waals surface area contributed by atoms with Crippen LogP contribution in [0.4, 0.5) is 0 Å². The van der Waals surface area contributed by atoms with Crippen LogP contribution in [-0.2, 0) is 14.1 Å². The highest BCUT2D eigenvalue weighted by molar-refractivity contribution is 5.02. The van der Waals surface area contributed by atoms with Gasteiger partial charge >= 0.3 is 0 Å². The minimum Gasteiger partial charge on any atom is -0.355 e. The van der Waals surface area contributed by atoms with Crippen LogP contribution < -0.4 is 0 Å². The molecule has 0 spiro atoms. The fourth-order valence-corrected chi connectivity index (χ4v) is 0.892. The second-order valence-corrected chi connectivity index (χ2v) is 2.94. The molecule has 3 heteroatoms. The molecular weight excluding hydrogens is 162 g/mol. The summed E-state index contributed by atoms with van der Waals surface area (Å²) in [5, 5.41) is 3.83.